The van der Waals surface area contributed by atoms with Crippen molar-refractivity contribution in [2.45, 2.75) is 26.3 Å². The number of aliphatic imine (C=N–C) groups is 1. The van der Waals surface area contributed by atoms with E-state index < -0.39 is 0 Å². The first-order chi connectivity index (χ1) is 4.75. The van der Waals surface area contributed by atoms with Crippen LogP contribution in [0.15, 0.2) is 4.99 Å². The van der Waals surface area contributed by atoms with Gasteiger partial charge in [-0.3, -0.25) is 4.90 Å². The van der Waals surface area contributed by atoms with Crippen molar-refractivity contribution in [1.29, 1.82) is 0 Å². The van der Waals surface area contributed by atoms with Crippen molar-refractivity contribution in [2.75, 3.05) is 13.1 Å². The van der Waals surface area contributed by atoms with E-state index in [2.05, 4.69) is 16.8 Å². The molecule has 56 valence electrons. The van der Waals surface area contributed by atoms with Crippen LogP contribution in [0.2, 0.25) is 0 Å². The molecule has 0 aromatic carbocycles. The number of rotatable bonds is 0. The maximum absolute atomic E-state index is 5.49. The SMILES string of the molecule is CC1=NC2OC(C)CN2C1. The molecule has 10 heavy (non-hydrogen) atoms. The van der Waals surface area contributed by atoms with Crippen molar-refractivity contribution in [3.8, 4) is 0 Å². The van der Waals surface area contributed by atoms with Gasteiger partial charge in [-0.25, -0.2) is 4.99 Å². The molecule has 1 fully saturated rings. The lowest BCUT2D eigenvalue weighted by molar-refractivity contribution is 0.0260. The van der Waals surface area contributed by atoms with Gasteiger partial charge in [0.15, 0.2) is 0 Å². The molecule has 1 saturated heterocycles. The van der Waals surface area contributed by atoms with Crippen LogP contribution in [-0.4, -0.2) is 36.2 Å². The van der Waals surface area contributed by atoms with Crippen LogP contribution in [0.3, 0.4) is 0 Å². The minimum atomic E-state index is 0.0509. The second kappa shape index (κ2) is 2.04. The van der Waals surface area contributed by atoms with Crippen molar-refractivity contribution in [3.63, 3.8) is 0 Å². The van der Waals surface area contributed by atoms with Gasteiger partial charge in [0, 0.05) is 18.8 Å². The first-order valence-electron chi connectivity index (χ1n) is 3.68. The Labute approximate surface area is 60.7 Å². The standard InChI is InChI=1S/C7H12N2O/c1-5-3-9-4-6(2)10-7(9)8-5/h6-7H,3-4H2,1-2H3. The molecule has 3 heteroatoms. The first-order valence-corrected chi connectivity index (χ1v) is 3.68. The Bertz CT molecular complexity index is 178. The minimum absolute atomic E-state index is 0.0509. The van der Waals surface area contributed by atoms with Gasteiger partial charge in [0.2, 0.25) is 6.35 Å². The lowest BCUT2D eigenvalue weighted by atomic mass is 10.3. The highest BCUT2D eigenvalue weighted by Crippen LogP contribution is 2.20. The molecule has 0 amide bonds. The highest BCUT2D eigenvalue weighted by atomic mass is 16.5. The molecule has 0 saturated carbocycles. The molecule has 0 aromatic heterocycles. The number of fused-ring (bicyclic) bond motifs is 1. The topological polar surface area (TPSA) is 24.8 Å². The smallest absolute Gasteiger partial charge is 0.207 e. The molecule has 0 spiro atoms. The Morgan fingerprint density at radius 2 is 2.50 bits per heavy atom. The Morgan fingerprint density at radius 1 is 1.70 bits per heavy atom. The minimum Gasteiger partial charge on any atom is -0.339 e. The average molecular weight is 140 g/mol. The largest absolute Gasteiger partial charge is 0.339 e. The third kappa shape index (κ3) is 0.859. The highest BCUT2D eigenvalue weighted by molar-refractivity contribution is 5.85. The van der Waals surface area contributed by atoms with Gasteiger partial charge in [-0.15, -0.1) is 0 Å². The van der Waals surface area contributed by atoms with Gasteiger partial charge in [0.05, 0.1) is 6.10 Å². The van der Waals surface area contributed by atoms with Crippen LogP contribution in [0.25, 0.3) is 0 Å². The van der Waals surface area contributed by atoms with E-state index >= 15 is 0 Å². The fourth-order valence-electron chi connectivity index (χ4n) is 1.54. The summed E-state index contributed by atoms with van der Waals surface area (Å²) in [5.74, 6) is 0. The summed E-state index contributed by atoms with van der Waals surface area (Å²) >= 11 is 0. The second-order valence-electron chi connectivity index (χ2n) is 3.07. The Morgan fingerprint density at radius 3 is 3.20 bits per heavy atom. The van der Waals surface area contributed by atoms with Crippen LogP contribution >= 0.6 is 0 Å². The lowest BCUT2D eigenvalue weighted by Gasteiger charge is -2.08. The van der Waals surface area contributed by atoms with Gasteiger partial charge in [-0.05, 0) is 13.8 Å². The fraction of sp³-hybridized carbons (Fsp3) is 0.857. The van der Waals surface area contributed by atoms with Crippen molar-refractivity contribution in [1.82, 2.24) is 4.90 Å². The van der Waals surface area contributed by atoms with Crippen LogP contribution in [0, 0.1) is 0 Å². The first kappa shape index (κ1) is 6.31. The third-order valence-corrected chi connectivity index (χ3v) is 1.92. The van der Waals surface area contributed by atoms with E-state index in [4.69, 9.17) is 4.74 Å². The third-order valence-electron chi connectivity index (χ3n) is 1.92. The average Bonchev–Trinajstić information content (AvgIpc) is 2.21. The van der Waals surface area contributed by atoms with Crippen molar-refractivity contribution in [2.24, 2.45) is 4.99 Å². The second-order valence-corrected chi connectivity index (χ2v) is 3.07. The van der Waals surface area contributed by atoms with Crippen LogP contribution in [0.4, 0.5) is 0 Å². The molecule has 0 bridgehead atoms. The van der Waals surface area contributed by atoms with Gasteiger partial charge in [0.25, 0.3) is 0 Å². The van der Waals surface area contributed by atoms with E-state index in [1.54, 1.807) is 0 Å². The summed E-state index contributed by atoms with van der Waals surface area (Å²) in [6, 6.07) is 0. The molecule has 2 aliphatic rings. The normalized spacial score (nSPS) is 40.0. The van der Waals surface area contributed by atoms with Gasteiger partial charge < -0.3 is 4.74 Å². The molecule has 0 aromatic rings. The van der Waals surface area contributed by atoms with Crippen LogP contribution < -0.4 is 0 Å². The predicted molar refractivity (Wildman–Crippen MR) is 39.0 cm³/mol. The number of nitrogens with zero attached hydrogens (tertiary/aromatic N) is 2. The predicted octanol–water partition coefficient (Wildman–Crippen LogP) is 0.465. The molecule has 3 nitrogen and oxygen atoms in total. The van der Waals surface area contributed by atoms with Crippen LogP contribution in [0.5, 0.6) is 0 Å². The molecule has 2 heterocycles. The van der Waals surface area contributed by atoms with E-state index in [-0.39, 0.29) is 6.35 Å². The van der Waals surface area contributed by atoms with E-state index in [0.29, 0.717) is 6.10 Å². The zero-order valence-electron chi connectivity index (χ0n) is 6.37. The molecule has 2 atom stereocenters. The molecular formula is C7H12N2O. The molecular weight excluding hydrogens is 128 g/mol. The summed E-state index contributed by atoms with van der Waals surface area (Å²) in [4.78, 5) is 6.57. The molecule has 2 rings (SSSR count). The summed E-state index contributed by atoms with van der Waals surface area (Å²) in [5.41, 5.74) is 1.19. The van der Waals surface area contributed by atoms with E-state index in [9.17, 15) is 0 Å². The monoisotopic (exact) mass is 140 g/mol. The van der Waals surface area contributed by atoms with Crippen LogP contribution in [-0.2, 0) is 4.74 Å². The summed E-state index contributed by atoms with van der Waals surface area (Å²) in [6.45, 7) is 6.16. The fourth-order valence-corrected chi connectivity index (χ4v) is 1.54. The van der Waals surface area contributed by atoms with E-state index in [1.807, 2.05) is 6.92 Å². The summed E-state index contributed by atoms with van der Waals surface area (Å²) < 4.78 is 5.49. The number of ether oxygens (including phenoxy) is 1. The summed E-state index contributed by atoms with van der Waals surface area (Å²) in [5, 5.41) is 0. The number of hydrogen-bond donors (Lipinski definition) is 0. The molecule has 0 aliphatic carbocycles. The summed E-state index contributed by atoms with van der Waals surface area (Å²) in [7, 11) is 0. The molecule has 0 N–H and O–H groups in total. The van der Waals surface area contributed by atoms with Gasteiger partial charge >= 0.3 is 0 Å². The molecule has 2 unspecified atom stereocenters. The van der Waals surface area contributed by atoms with E-state index in [0.717, 1.165) is 13.1 Å². The maximum atomic E-state index is 5.49. The summed E-state index contributed by atoms with van der Waals surface area (Å²) in [6.07, 6.45) is 0.414. The number of hydrogen-bond acceptors (Lipinski definition) is 3. The van der Waals surface area contributed by atoms with Gasteiger partial charge in [-0.1, -0.05) is 0 Å². The lowest BCUT2D eigenvalue weighted by Crippen LogP contribution is -2.25. The zero-order valence-corrected chi connectivity index (χ0v) is 6.37. The van der Waals surface area contributed by atoms with Gasteiger partial charge in [-0.2, -0.15) is 0 Å². The van der Waals surface area contributed by atoms with Crippen molar-refractivity contribution < 1.29 is 4.74 Å². The molecule has 0 radical (unpaired) electrons. The van der Waals surface area contributed by atoms with Crippen molar-refractivity contribution in [3.05, 3.63) is 0 Å². The molecule has 2 aliphatic heterocycles. The maximum Gasteiger partial charge on any atom is 0.207 e. The Kier molecular flexibility index (Phi) is 1.28. The highest BCUT2D eigenvalue weighted by Gasteiger charge is 2.33. The van der Waals surface area contributed by atoms with Crippen molar-refractivity contribution >= 4 is 5.71 Å². The van der Waals surface area contributed by atoms with Gasteiger partial charge in [0.1, 0.15) is 0 Å². The Balaban J connectivity index is 2.10. The Hall–Kier alpha value is -0.410. The quantitative estimate of drug-likeness (QED) is 0.488. The van der Waals surface area contributed by atoms with Crippen LogP contribution in [0.1, 0.15) is 13.8 Å². The van der Waals surface area contributed by atoms with E-state index in [1.165, 1.54) is 5.71 Å². The zero-order chi connectivity index (χ0) is 7.14.